The maximum Gasteiger partial charge on any atom is 0.303 e. The van der Waals surface area contributed by atoms with E-state index in [0.717, 1.165) is 16.5 Å². The van der Waals surface area contributed by atoms with Gasteiger partial charge in [-0.2, -0.15) is 0 Å². The second-order valence-electron chi connectivity index (χ2n) is 4.44. The third-order valence-corrected chi connectivity index (χ3v) is 3.93. The highest BCUT2D eigenvalue weighted by Crippen LogP contribution is 2.36. The second-order valence-corrected chi connectivity index (χ2v) is 5.32. The van der Waals surface area contributed by atoms with Crippen LogP contribution in [0.5, 0.6) is 11.5 Å². The second kappa shape index (κ2) is 5.50. The molecular weight excluding hydrogens is 278 g/mol. The fourth-order valence-electron chi connectivity index (χ4n) is 1.96. The topological polar surface area (TPSA) is 68.7 Å². The summed E-state index contributed by atoms with van der Waals surface area (Å²) in [5.41, 5.74) is 0.787. The lowest BCUT2D eigenvalue weighted by molar-refractivity contribution is -0.136. The van der Waals surface area contributed by atoms with Gasteiger partial charge in [-0.3, -0.25) is 4.79 Å². The molecule has 0 saturated heterocycles. The number of hydrogen-bond acceptors (Lipinski definition) is 5. The summed E-state index contributed by atoms with van der Waals surface area (Å²) in [6, 6.07) is 7.52. The molecule has 0 aliphatic carbocycles. The number of carbonyl (C=O) groups is 1. The van der Waals surface area contributed by atoms with Crippen molar-refractivity contribution in [2.75, 3.05) is 6.61 Å². The van der Waals surface area contributed by atoms with E-state index in [9.17, 15) is 4.79 Å². The number of carboxylic acid groups (broad SMARTS) is 1. The summed E-state index contributed by atoms with van der Waals surface area (Å²) >= 11 is 1.47. The van der Waals surface area contributed by atoms with Crippen LogP contribution in [0.25, 0.3) is 0 Å². The van der Waals surface area contributed by atoms with Crippen molar-refractivity contribution in [1.82, 2.24) is 4.98 Å². The summed E-state index contributed by atoms with van der Waals surface area (Å²) in [7, 11) is 0. The van der Waals surface area contributed by atoms with Gasteiger partial charge >= 0.3 is 5.97 Å². The smallest absolute Gasteiger partial charge is 0.303 e. The van der Waals surface area contributed by atoms with Gasteiger partial charge in [0.2, 0.25) is 0 Å². The van der Waals surface area contributed by atoms with Gasteiger partial charge in [-0.05, 0) is 12.1 Å². The standard InChI is InChI=1S/C14H13NO4S/c16-13(17)6-5-9-8-20-14(15-9)12-7-18-10-3-1-2-4-11(10)19-12/h1-4,8,12H,5-7H2,(H,16,17). The van der Waals surface area contributed by atoms with Crippen LogP contribution in [-0.2, 0) is 11.2 Å². The summed E-state index contributed by atoms with van der Waals surface area (Å²) < 4.78 is 11.5. The number of aromatic nitrogens is 1. The van der Waals surface area contributed by atoms with Crippen molar-refractivity contribution in [3.05, 3.63) is 40.3 Å². The molecule has 0 spiro atoms. The van der Waals surface area contributed by atoms with E-state index in [2.05, 4.69) is 4.98 Å². The Morgan fingerprint density at radius 2 is 2.20 bits per heavy atom. The number of rotatable bonds is 4. The van der Waals surface area contributed by atoms with Crippen molar-refractivity contribution < 1.29 is 19.4 Å². The van der Waals surface area contributed by atoms with Gasteiger partial charge in [0, 0.05) is 11.8 Å². The molecule has 1 N–H and O–H groups in total. The molecule has 6 heteroatoms. The van der Waals surface area contributed by atoms with Crippen LogP contribution in [0.4, 0.5) is 0 Å². The average Bonchev–Trinajstić information content (AvgIpc) is 2.93. The fourth-order valence-corrected chi connectivity index (χ4v) is 2.83. The number of para-hydroxylation sites is 2. The van der Waals surface area contributed by atoms with Crippen LogP contribution in [-0.4, -0.2) is 22.7 Å². The predicted octanol–water partition coefficient (Wildman–Crippen LogP) is 2.67. The van der Waals surface area contributed by atoms with E-state index >= 15 is 0 Å². The third-order valence-electron chi connectivity index (χ3n) is 2.95. The Morgan fingerprint density at radius 3 is 3.00 bits per heavy atom. The first kappa shape index (κ1) is 12.9. The van der Waals surface area contributed by atoms with Crippen molar-refractivity contribution in [2.45, 2.75) is 18.9 Å². The Hall–Kier alpha value is -2.08. The van der Waals surface area contributed by atoms with Crippen LogP contribution in [0.3, 0.4) is 0 Å². The van der Waals surface area contributed by atoms with Crippen LogP contribution in [0, 0.1) is 0 Å². The molecule has 0 radical (unpaired) electrons. The molecule has 104 valence electrons. The molecule has 1 atom stereocenters. The van der Waals surface area contributed by atoms with E-state index in [1.54, 1.807) is 0 Å². The van der Waals surface area contributed by atoms with Gasteiger partial charge in [0.1, 0.15) is 11.6 Å². The fraction of sp³-hybridized carbons (Fsp3) is 0.286. The first-order chi connectivity index (χ1) is 9.72. The maximum atomic E-state index is 10.5. The molecular formula is C14H13NO4S. The lowest BCUT2D eigenvalue weighted by Crippen LogP contribution is -2.21. The quantitative estimate of drug-likeness (QED) is 0.938. The molecule has 1 aromatic carbocycles. The van der Waals surface area contributed by atoms with E-state index in [1.807, 2.05) is 29.6 Å². The van der Waals surface area contributed by atoms with Crippen LogP contribution < -0.4 is 9.47 Å². The minimum absolute atomic E-state index is 0.0913. The molecule has 0 saturated carbocycles. The van der Waals surface area contributed by atoms with E-state index in [0.29, 0.717) is 18.8 Å². The molecule has 2 heterocycles. The summed E-state index contributed by atoms with van der Waals surface area (Å²) in [6.45, 7) is 0.420. The van der Waals surface area contributed by atoms with E-state index in [-0.39, 0.29) is 12.5 Å². The molecule has 1 aromatic heterocycles. The Labute approximate surface area is 119 Å². The molecule has 2 aromatic rings. The predicted molar refractivity (Wildman–Crippen MR) is 73.4 cm³/mol. The minimum Gasteiger partial charge on any atom is -0.485 e. The zero-order valence-electron chi connectivity index (χ0n) is 10.6. The number of carboxylic acids is 1. The number of hydrogen-bond donors (Lipinski definition) is 1. The number of ether oxygens (including phenoxy) is 2. The number of thiazole rings is 1. The first-order valence-electron chi connectivity index (χ1n) is 6.27. The average molecular weight is 291 g/mol. The number of aliphatic carboxylic acids is 1. The summed E-state index contributed by atoms with van der Waals surface area (Å²) in [4.78, 5) is 15.0. The van der Waals surface area contributed by atoms with Gasteiger partial charge < -0.3 is 14.6 Å². The number of nitrogens with zero attached hydrogens (tertiary/aromatic N) is 1. The monoisotopic (exact) mass is 291 g/mol. The van der Waals surface area contributed by atoms with Crippen molar-refractivity contribution in [3.63, 3.8) is 0 Å². The molecule has 0 amide bonds. The maximum absolute atomic E-state index is 10.5. The highest BCUT2D eigenvalue weighted by atomic mass is 32.1. The molecule has 1 aliphatic heterocycles. The summed E-state index contributed by atoms with van der Waals surface area (Å²) in [6.07, 6.45) is 0.304. The number of benzene rings is 1. The van der Waals surface area contributed by atoms with Crippen molar-refractivity contribution >= 4 is 17.3 Å². The van der Waals surface area contributed by atoms with Crippen molar-refractivity contribution in [3.8, 4) is 11.5 Å². The highest BCUT2D eigenvalue weighted by Gasteiger charge is 2.24. The lowest BCUT2D eigenvalue weighted by Gasteiger charge is -2.24. The molecule has 0 fully saturated rings. The van der Waals surface area contributed by atoms with Crippen molar-refractivity contribution in [2.24, 2.45) is 0 Å². The van der Waals surface area contributed by atoms with Gasteiger partial charge in [0.05, 0.1) is 12.1 Å². The molecule has 3 rings (SSSR count). The molecule has 5 nitrogen and oxygen atoms in total. The van der Waals surface area contributed by atoms with Gasteiger partial charge in [0.25, 0.3) is 0 Å². The zero-order valence-corrected chi connectivity index (χ0v) is 11.4. The van der Waals surface area contributed by atoms with Gasteiger partial charge in [0.15, 0.2) is 17.6 Å². The normalized spacial score (nSPS) is 16.9. The van der Waals surface area contributed by atoms with Crippen LogP contribution >= 0.6 is 11.3 Å². The first-order valence-corrected chi connectivity index (χ1v) is 7.15. The Balaban J connectivity index is 1.70. The molecule has 0 bridgehead atoms. The Morgan fingerprint density at radius 1 is 1.40 bits per heavy atom. The highest BCUT2D eigenvalue weighted by molar-refractivity contribution is 7.09. The van der Waals surface area contributed by atoms with E-state index in [4.69, 9.17) is 14.6 Å². The van der Waals surface area contributed by atoms with Crippen LogP contribution in [0.1, 0.15) is 23.2 Å². The van der Waals surface area contributed by atoms with Gasteiger partial charge in [-0.1, -0.05) is 12.1 Å². The number of aryl methyl sites for hydroxylation is 1. The Kier molecular flexibility index (Phi) is 3.56. The largest absolute Gasteiger partial charge is 0.485 e. The van der Waals surface area contributed by atoms with Crippen LogP contribution in [0.2, 0.25) is 0 Å². The third kappa shape index (κ3) is 2.75. The van der Waals surface area contributed by atoms with Crippen LogP contribution in [0.15, 0.2) is 29.6 Å². The SMILES string of the molecule is O=C(O)CCc1csc(C2COc3ccccc3O2)n1. The number of fused-ring (bicyclic) bond motifs is 1. The molecule has 20 heavy (non-hydrogen) atoms. The zero-order chi connectivity index (χ0) is 13.9. The summed E-state index contributed by atoms with van der Waals surface area (Å²) in [5.74, 6) is 0.642. The van der Waals surface area contributed by atoms with Gasteiger partial charge in [-0.25, -0.2) is 4.98 Å². The summed E-state index contributed by atoms with van der Waals surface area (Å²) in [5, 5.41) is 11.4. The molecule has 1 aliphatic rings. The lowest BCUT2D eigenvalue weighted by atomic mass is 10.2. The van der Waals surface area contributed by atoms with E-state index in [1.165, 1.54) is 11.3 Å². The molecule has 1 unspecified atom stereocenters. The van der Waals surface area contributed by atoms with E-state index < -0.39 is 5.97 Å². The van der Waals surface area contributed by atoms with Gasteiger partial charge in [-0.15, -0.1) is 11.3 Å². The minimum atomic E-state index is -0.814. The Bertz CT molecular complexity index is 625. The van der Waals surface area contributed by atoms with Crippen molar-refractivity contribution in [1.29, 1.82) is 0 Å².